The van der Waals surface area contributed by atoms with E-state index in [4.69, 9.17) is 4.52 Å². The lowest BCUT2D eigenvalue weighted by atomic mass is 10.1. The largest absolute Gasteiger partial charge is 0.359 e. The molecule has 0 spiro atoms. The Bertz CT molecular complexity index is 740. The molecule has 0 aliphatic rings. The van der Waals surface area contributed by atoms with E-state index in [1.807, 2.05) is 43.3 Å². The van der Waals surface area contributed by atoms with Gasteiger partial charge in [-0.3, -0.25) is 9.79 Å². The zero-order valence-corrected chi connectivity index (χ0v) is 16.5. The molecule has 1 heterocycles. The van der Waals surface area contributed by atoms with Gasteiger partial charge >= 0.3 is 0 Å². The molecule has 1 aromatic carbocycles. The van der Waals surface area contributed by atoms with Crippen molar-refractivity contribution < 1.29 is 9.32 Å². The molecule has 2 aromatic rings. The van der Waals surface area contributed by atoms with Crippen LogP contribution in [0.25, 0.3) is 0 Å². The Kier molecular flexibility index (Phi) is 7.85. The third-order valence-electron chi connectivity index (χ3n) is 4.18. The average molecular weight is 371 g/mol. The van der Waals surface area contributed by atoms with Gasteiger partial charge in [-0.15, -0.1) is 0 Å². The third kappa shape index (κ3) is 6.44. The smallest absolute Gasteiger partial charge is 0.242 e. The third-order valence-corrected chi connectivity index (χ3v) is 4.18. The van der Waals surface area contributed by atoms with Gasteiger partial charge in [-0.25, -0.2) is 0 Å². The maximum absolute atomic E-state index is 12.5. The topological polar surface area (TPSA) is 82.8 Å². The predicted molar refractivity (Wildman–Crippen MR) is 106 cm³/mol. The molecule has 27 heavy (non-hydrogen) atoms. The molecular formula is C20H29N5O2. The van der Waals surface area contributed by atoms with Gasteiger partial charge in [-0.1, -0.05) is 49.3 Å². The van der Waals surface area contributed by atoms with E-state index in [1.54, 1.807) is 11.9 Å². The molecule has 0 radical (unpaired) electrons. The number of aromatic nitrogens is 1. The second-order valence-corrected chi connectivity index (χ2v) is 6.55. The first kappa shape index (κ1) is 20.5. The highest BCUT2D eigenvalue weighted by Crippen LogP contribution is 2.13. The van der Waals surface area contributed by atoms with Gasteiger partial charge in [-0.2, -0.15) is 0 Å². The van der Waals surface area contributed by atoms with E-state index in [9.17, 15) is 4.79 Å². The molecule has 7 heteroatoms. The average Bonchev–Trinajstić information content (AvgIpc) is 3.16. The Morgan fingerprint density at radius 1 is 1.26 bits per heavy atom. The summed E-state index contributed by atoms with van der Waals surface area (Å²) in [6, 6.07) is 11.9. The number of rotatable bonds is 8. The summed E-state index contributed by atoms with van der Waals surface area (Å²) < 4.78 is 5.30. The normalized spacial score (nSPS) is 11.5. The van der Waals surface area contributed by atoms with Crippen LogP contribution < -0.4 is 10.6 Å². The van der Waals surface area contributed by atoms with Gasteiger partial charge in [-0.05, 0) is 18.4 Å². The van der Waals surface area contributed by atoms with Crippen LogP contribution in [0.5, 0.6) is 0 Å². The van der Waals surface area contributed by atoms with Crippen molar-refractivity contribution in [3.05, 3.63) is 53.4 Å². The van der Waals surface area contributed by atoms with Crippen molar-refractivity contribution in [1.82, 2.24) is 20.7 Å². The first-order chi connectivity index (χ1) is 13.0. The fourth-order valence-electron chi connectivity index (χ4n) is 2.53. The van der Waals surface area contributed by atoms with Crippen molar-refractivity contribution in [2.45, 2.75) is 39.8 Å². The Morgan fingerprint density at radius 3 is 2.59 bits per heavy atom. The summed E-state index contributed by atoms with van der Waals surface area (Å²) in [6.07, 6.45) is 0. The summed E-state index contributed by atoms with van der Waals surface area (Å²) in [5.74, 6) is 1.61. The Hall–Kier alpha value is -2.83. The van der Waals surface area contributed by atoms with Gasteiger partial charge in [0.15, 0.2) is 11.7 Å². The van der Waals surface area contributed by atoms with E-state index in [1.165, 1.54) is 0 Å². The summed E-state index contributed by atoms with van der Waals surface area (Å²) in [5.41, 5.74) is 2.03. The lowest BCUT2D eigenvalue weighted by Crippen LogP contribution is -2.44. The van der Waals surface area contributed by atoms with Crippen molar-refractivity contribution in [3.8, 4) is 0 Å². The first-order valence-corrected chi connectivity index (χ1v) is 9.25. The number of amides is 1. The molecule has 0 unspecified atom stereocenters. The SMILES string of the molecule is CCN(Cc1ccccc1)C(=O)CNC(=NC)NCc1cc(C(C)C)no1. The maximum Gasteiger partial charge on any atom is 0.242 e. The number of guanidine groups is 1. The van der Waals surface area contributed by atoms with Gasteiger partial charge in [0.25, 0.3) is 0 Å². The van der Waals surface area contributed by atoms with Gasteiger partial charge in [0.2, 0.25) is 5.91 Å². The zero-order valence-electron chi connectivity index (χ0n) is 16.5. The molecule has 0 bridgehead atoms. The van der Waals surface area contributed by atoms with E-state index < -0.39 is 0 Å². The standard InChI is InChI=1S/C20H29N5O2/c1-5-25(14-16-9-7-6-8-10-16)19(26)13-23-20(21-4)22-12-17-11-18(15(2)3)24-27-17/h6-11,15H,5,12-14H2,1-4H3,(H2,21,22,23). The lowest BCUT2D eigenvalue weighted by Gasteiger charge is -2.22. The minimum Gasteiger partial charge on any atom is -0.359 e. The molecule has 1 aromatic heterocycles. The molecule has 0 fully saturated rings. The molecule has 2 rings (SSSR count). The van der Waals surface area contributed by atoms with E-state index in [0.717, 1.165) is 17.0 Å². The van der Waals surface area contributed by atoms with Gasteiger partial charge < -0.3 is 20.1 Å². The minimum atomic E-state index is 0.0195. The monoisotopic (exact) mass is 371 g/mol. The predicted octanol–water partition coefficient (Wildman–Crippen LogP) is 2.51. The fraction of sp³-hybridized carbons (Fsp3) is 0.450. The number of nitrogens with one attached hydrogen (secondary N) is 2. The number of carbonyl (C=O) groups is 1. The van der Waals surface area contributed by atoms with E-state index in [-0.39, 0.29) is 12.5 Å². The van der Waals surface area contributed by atoms with Gasteiger partial charge in [0, 0.05) is 26.2 Å². The van der Waals surface area contributed by atoms with Crippen molar-refractivity contribution in [3.63, 3.8) is 0 Å². The van der Waals surface area contributed by atoms with Crippen LogP contribution in [0.2, 0.25) is 0 Å². The number of likely N-dealkylation sites (N-methyl/N-ethyl adjacent to an activating group) is 1. The molecule has 0 aliphatic heterocycles. The van der Waals surface area contributed by atoms with Gasteiger partial charge in [0.05, 0.1) is 18.8 Å². The van der Waals surface area contributed by atoms with Crippen LogP contribution in [0.3, 0.4) is 0 Å². The van der Waals surface area contributed by atoms with Crippen LogP contribution in [0, 0.1) is 0 Å². The second-order valence-electron chi connectivity index (χ2n) is 6.55. The van der Waals surface area contributed by atoms with Crippen molar-refractivity contribution in [1.29, 1.82) is 0 Å². The molecule has 2 N–H and O–H groups in total. The second kappa shape index (κ2) is 10.4. The molecule has 146 valence electrons. The highest BCUT2D eigenvalue weighted by Gasteiger charge is 2.13. The molecule has 0 aliphatic carbocycles. The Morgan fingerprint density at radius 2 is 2.00 bits per heavy atom. The van der Waals surface area contributed by atoms with Crippen LogP contribution in [0.1, 0.15) is 43.7 Å². The summed E-state index contributed by atoms with van der Waals surface area (Å²) >= 11 is 0. The van der Waals surface area contributed by atoms with E-state index in [2.05, 4.69) is 34.6 Å². The summed E-state index contributed by atoms with van der Waals surface area (Å²) in [7, 11) is 1.67. The van der Waals surface area contributed by atoms with Crippen LogP contribution in [-0.4, -0.2) is 42.1 Å². The number of aliphatic imine (C=N–C) groups is 1. The summed E-state index contributed by atoms with van der Waals surface area (Å²) in [4.78, 5) is 18.5. The number of nitrogens with zero attached hydrogens (tertiary/aromatic N) is 3. The fourth-order valence-corrected chi connectivity index (χ4v) is 2.53. The van der Waals surface area contributed by atoms with Crippen molar-refractivity contribution in [2.24, 2.45) is 4.99 Å². The zero-order chi connectivity index (χ0) is 19.6. The van der Waals surface area contributed by atoms with E-state index in [0.29, 0.717) is 31.5 Å². The van der Waals surface area contributed by atoms with Crippen LogP contribution in [0.4, 0.5) is 0 Å². The molecule has 0 saturated heterocycles. The minimum absolute atomic E-state index is 0.0195. The van der Waals surface area contributed by atoms with Crippen LogP contribution in [-0.2, 0) is 17.9 Å². The maximum atomic E-state index is 12.5. The Labute approximate surface area is 160 Å². The van der Waals surface area contributed by atoms with E-state index >= 15 is 0 Å². The molecule has 1 amide bonds. The Balaban J connectivity index is 1.82. The lowest BCUT2D eigenvalue weighted by molar-refractivity contribution is -0.130. The summed E-state index contributed by atoms with van der Waals surface area (Å²) in [5, 5.41) is 10.2. The van der Waals surface area contributed by atoms with Crippen LogP contribution in [0.15, 0.2) is 45.9 Å². The van der Waals surface area contributed by atoms with Crippen LogP contribution >= 0.6 is 0 Å². The highest BCUT2D eigenvalue weighted by molar-refractivity contribution is 5.86. The summed E-state index contributed by atoms with van der Waals surface area (Å²) in [6.45, 7) is 7.98. The van der Waals surface area contributed by atoms with Gasteiger partial charge in [0.1, 0.15) is 0 Å². The first-order valence-electron chi connectivity index (χ1n) is 9.25. The molecule has 0 atom stereocenters. The molecule has 7 nitrogen and oxygen atoms in total. The number of hydrogen-bond donors (Lipinski definition) is 2. The molecule has 0 saturated carbocycles. The number of benzene rings is 1. The molecular weight excluding hydrogens is 342 g/mol. The number of carbonyl (C=O) groups excluding carboxylic acids is 1. The number of hydrogen-bond acceptors (Lipinski definition) is 4. The quantitative estimate of drug-likeness (QED) is 0.550. The van der Waals surface area contributed by atoms with Crippen molar-refractivity contribution >= 4 is 11.9 Å². The highest BCUT2D eigenvalue weighted by atomic mass is 16.5. The van der Waals surface area contributed by atoms with Crippen molar-refractivity contribution in [2.75, 3.05) is 20.1 Å².